The molecular weight excluding hydrogens is 660 g/mol. The zero-order valence-corrected chi connectivity index (χ0v) is 33.4. The molecule has 5 atom stereocenters. The van der Waals surface area contributed by atoms with E-state index >= 15 is 0 Å². The van der Waals surface area contributed by atoms with Gasteiger partial charge in [-0.25, -0.2) is 0 Å². The maximum Gasteiger partial charge on any atom is 0.303 e. The highest BCUT2D eigenvalue weighted by Crippen LogP contribution is 2.26. The van der Waals surface area contributed by atoms with Crippen LogP contribution in [0.3, 0.4) is 0 Å². The maximum atomic E-state index is 13.8. The number of amides is 2. The Hall–Kier alpha value is -1.75. The molecule has 0 aromatic carbocycles. The Balaban J connectivity index is 2.65. The average Bonchev–Trinajstić information content (AvgIpc) is 3.13. The molecule has 0 radical (unpaired) electrons. The summed E-state index contributed by atoms with van der Waals surface area (Å²) in [6, 6.07) is -1.17. The molecule has 52 heavy (non-hydrogen) atoms. The third-order valence-electron chi connectivity index (χ3n) is 10.7. The summed E-state index contributed by atoms with van der Waals surface area (Å²) in [6.07, 6.45) is 27.0. The fraction of sp³-hybridized carbons (Fsp3) is 0.929. The molecule has 0 aromatic heterocycles. The van der Waals surface area contributed by atoms with Crippen molar-refractivity contribution in [3.63, 3.8) is 0 Å². The van der Waals surface area contributed by atoms with Gasteiger partial charge >= 0.3 is 5.97 Å². The molecule has 1 heterocycles. The highest BCUT2D eigenvalue weighted by atomic mass is 16.5. The highest BCUT2D eigenvalue weighted by Gasteiger charge is 2.48. The van der Waals surface area contributed by atoms with E-state index in [0.29, 0.717) is 13.0 Å². The van der Waals surface area contributed by atoms with Crippen LogP contribution in [0.2, 0.25) is 0 Å². The number of unbranched alkanes of at least 4 members (excludes halogenated alkanes) is 25. The Morgan fingerprint density at radius 1 is 0.558 bits per heavy atom. The van der Waals surface area contributed by atoms with Gasteiger partial charge in [-0.2, -0.15) is 0 Å². The number of hydrogen-bond acceptors (Lipinski definition) is 7. The molecule has 0 aromatic rings. The molecule has 0 bridgehead atoms. The van der Waals surface area contributed by atoms with Gasteiger partial charge in [0.25, 0.3) is 0 Å². The number of aliphatic carboxylic acids is 1. The van der Waals surface area contributed by atoms with E-state index in [-0.39, 0.29) is 18.7 Å². The van der Waals surface area contributed by atoms with Crippen LogP contribution < -0.4 is 5.32 Å². The van der Waals surface area contributed by atoms with E-state index in [9.17, 15) is 29.7 Å². The van der Waals surface area contributed by atoms with Gasteiger partial charge in [-0.15, -0.1) is 0 Å². The predicted molar refractivity (Wildman–Crippen MR) is 209 cm³/mol. The fourth-order valence-electron chi connectivity index (χ4n) is 7.31. The molecule has 0 saturated carbocycles. The summed E-state index contributed by atoms with van der Waals surface area (Å²) < 4.78 is 6.04. The lowest BCUT2D eigenvalue weighted by Crippen LogP contribution is -2.68. The van der Waals surface area contributed by atoms with Crippen LogP contribution in [0.25, 0.3) is 0 Å². The first-order chi connectivity index (χ1) is 25.3. The van der Waals surface area contributed by atoms with Gasteiger partial charge in [0, 0.05) is 19.4 Å². The van der Waals surface area contributed by atoms with Gasteiger partial charge in [-0.3, -0.25) is 14.4 Å². The van der Waals surface area contributed by atoms with Crippen molar-refractivity contribution in [2.45, 2.75) is 237 Å². The van der Waals surface area contributed by atoms with Crippen molar-refractivity contribution in [1.29, 1.82) is 0 Å². The van der Waals surface area contributed by atoms with Crippen LogP contribution >= 0.6 is 0 Å². The Kier molecular flexibility index (Phi) is 30.3. The Morgan fingerprint density at radius 2 is 0.962 bits per heavy atom. The van der Waals surface area contributed by atoms with Gasteiger partial charge in [0.1, 0.15) is 24.4 Å². The minimum Gasteiger partial charge on any atom is -0.481 e. The third kappa shape index (κ3) is 23.1. The normalized spacial score (nSPS) is 20.2. The molecule has 2 amide bonds. The smallest absolute Gasteiger partial charge is 0.303 e. The Bertz CT molecular complexity index is 890. The second-order valence-electron chi connectivity index (χ2n) is 15.4. The quantitative estimate of drug-likeness (QED) is 0.0405. The molecule has 10 nitrogen and oxygen atoms in total. The van der Waals surface area contributed by atoms with Gasteiger partial charge in [-0.1, -0.05) is 174 Å². The number of nitrogens with zero attached hydrogens (tertiary/aromatic N) is 1. The zero-order valence-electron chi connectivity index (χ0n) is 33.4. The van der Waals surface area contributed by atoms with Crippen molar-refractivity contribution in [2.24, 2.45) is 0 Å². The molecule has 1 aliphatic heterocycles. The minimum atomic E-state index is -1.51. The standard InChI is InChI=1S/C42H80N2O8/c1-3-5-7-9-11-13-15-17-18-19-20-22-24-26-28-30-37(47)44(33-29-27-25-23-21-16-14-12-10-8-6-4-2)42-39(43-36(46)31-32-38(48)49)41(51)40(50)35(34-45)52-42/h35,39-42,45,50-51H,3-34H2,1-2H3,(H,43,46)(H,48,49)/t35-,39-,40-,41-,42-/m1/s1. The largest absolute Gasteiger partial charge is 0.481 e. The van der Waals surface area contributed by atoms with Crippen LogP contribution in [0.4, 0.5) is 0 Å². The minimum absolute atomic E-state index is 0.146. The lowest BCUT2D eigenvalue weighted by Gasteiger charge is -2.47. The van der Waals surface area contributed by atoms with Gasteiger partial charge < -0.3 is 35.4 Å². The van der Waals surface area contributed by atoms with Crippen molar-refractivity contribution >= 4 is 17.8 Å². The predicted octanol–water partition coefficient (Wildman–Crippen LogP) is 8.57. The number of carboxylic acids is 1. The molecule has 5 N–H and O–H groups in total. The highest BCUT2D eigenvalue weighted by molar-refractivity contribution is 5.81. The summed E-state index contributed by atoms with van der Waals surface area (Å²) in [5, 5.41) is 43.3. The molecule has 0 spiro atoms. The van der Waals surface area contributed by atoms with E-state index in [1.54, 1.807) is 4.90 Å². The summed E-state index contributed by atoms with van der Waals surface area (Å²) in [6.45, 7) is 4.29. The lowest BCUT2D eigenvalue weighted by molar-refractivity contribution is -0.231. The Morgan fingerprint density at radius 3 is 1.37 bits per heavy atom. The van der Waals surface area contributed by atoms with Crippen molar-refractivity contribution in [1.82, 2.24) is 10.2 Å². The summed E-state index contributed by atoms with van der Waals surface area (Å²) >= 11 is 0. The number of nitrogens with one attached hydrogen (secondary N) is 1. The topological polar surface area (TPSA) is 157 Å². The maximum absolute atomic E-state index is 13.8. The number of carboxylic acid groups (broad SMARTS) is 1. The number of hydrogen-bond donors (Lipinski definition) is 5. The van der Waals surface area contributed by atoms with Crippen molar-refractivity contribution in [3.05, 3.63) is 0 Å². The van der Waals surface area contributed by atoms with Crippen LogP contribution in [0.5, 0.6) is 0 Å². The Labute approximate surface area is 317 Å². The second-order valence-corrected chi connectivity index (χ2v) is 15.4. The number of aliphatic hydroxyl groups is 3. The number of rotatable bonds is 35. The molecule has 1 saturated heterocycles. The molecule has 1 rings (SSSR count). The second kappa shape index (κ2) is 32.7. The number of carbonyl (C=O) groups is 3. The lowest BCUT2D eigenvalue weighted by atomic mass is 9.94. The zero-order chi connectivity index (χ0) is 38.2. The molecule has 0 aliphatic carbocycles. The van der Waals surface area contributed by atoms with E-state index in [4.69, 9.17) is 9.84 Å². The van der Waals surface area contributed by atoms with Crippen molar-refractivity contribution < 1.29 is 39.5 Å². The molecule has 1 aliphatic rings. The van der Waals surface area contributed by atoms with E-state index in [1.165, 1.54) is 122 Å². The number of carbonyl (C=O) groups excluding carboxylic acids is 2. The summed E-state index contributed by atoms with van der Waals surface area (Å²) in [4.78, 5) is 39.1. The average molecular weight is 741 g/mol. The summed E-state index contributed by atoms with van der Waals surface area (Å²) in [5.74, 6) is -1.89. The van der Waals surface area contributed by atoms with Gasteiger partial charge in [0.2, 0.25) is 11.8 Å². The van der Waals surface area contributed by atoms with Gasteiger partial charge in [-0.05, 0) is 12.8 Å². The van der Waals surface area contributed by atoms with Crippen LogP contribution in [0.1, 0.15) is 206 Å². The van der Waals surface area contributed by atoms with Crippen LogP contribution in [-0.2, 0) is 19.1 Å². The molecule has 10 heteroatoms. The first kappa shape index (κ1) is 48.3. The van der Waals surface area contributed by atoms with E-state index in [1.807, 2.05) is 0 Å². The van der Waals surface area contributed by atoms with Gasteiger partial charge in [0.05, 0.1) is 13.0 Å². The third-order valence-corrected chi connectivity index (χ3v) is 10.7. The summed E-state index contributed by atoms with van der Waals surface area (Å²) in [7, 11) is 0. The van der Waals surface area contributed by atoms with Crippen molar-refractivity contribution in [3.8, 4) is 0 Å². The molecule has 0 unspecified atom stereocenters. The fourth-order valence-corrected chi connectivity index (χ4v) is 7.31. The monoisotopic (exact) mass is 741 g/mol. The SMILES string of the molecule is CCCCCCCCCCCCCCCCCC(=O)N(CCCCCCCCCCCCCC)[C@@H]1O[C@H](CO)[C@@H](O)[C@H](O)[C@H]1NC(=O)CCC(=O)O. The van der Waals surface area contributed by atoms with Gasteiger partial charge in [0.15, 0.2) is 6.23 Å². The van der Waals surface area contributed by atoms with Crippen LogP contribution in [-0.4, -0.2) is 86.8 Å². The van der Waals surface area contributed by atoms with E-state index in [0.717, 1.165) is 51.4 Å². The van der Waals surface area contributed by atoms with Crippen LogP contribution in [0, 0.1) is 0 Å². The van der Waals surface area contributed by atoms with Crippen LogP contribution in [0.15, 0.2) is 0 Å². The summed E-state index contributed by atoms with van der Waals surface area (Å²) in [5.41, 5.74) is 0. The first-order valence-corrected chi connectivity index (χ1v) is 21.7. The van der Waals surface area contributed by atoms with E-state index < -0.39 is 49.1 Å². The molecule has 1 fully saturated rings. The van der Waals surface area contributed by atoms with Crippen molar-refractivity contribution in [2.75, 3.05) is 13.2 Å². The molecular formula is C42H80N2O8. The number of ether oxygens (including phenoxy) is 1. The molecule has 306 valence electrons. The number of aliphatic hydroxyl groups excluding tert-OH is 3. The van der Waals surface area contributed by atoms with E-state index in [2.05, 4.69) is 19.2 Å². The first-order valence-electron chi connectivity index (χ1n) is 21.7.